The van der Waals surface area contributed by atoms with E-state index in [1.54, 1.807) is 26.8 Å². The van der Waals surface area contributed by atoms with Crippen LogP contribution in [-0.2, 0) is 4.74 Å². The normalized spacial score (nSPS) is 18.3. The van der Waals surface area contributed by atoms with Crippen molar-refractivity contribution in [2.24, 2.45) is 0 Å². The summed E-state index contributed by atoms with van der Waals surface area (Å²) in [7, 11) is 0. The number of ether oxygens (including phenoxy) is 2. The number of halogens is 2. The maximum Gasteiger partial charge on any atom is 0.422 e. The third-order valence-electron chi connectivity index (χ3n) is 4.25. The molecule has 0 aliphatic carbocycles. The SMILES string of the molecule is CCOc1c([C@H](C)NNC(=O)OC(C)(C)C)cc(Cl)c(F)c1[C@H]1CCNC1. The van der Waals surface area contributed by atoms with Gasteiger partial charge in [-0.3, -0.25) is 5.43 Å². The maximum atomic E-state index is 14.8. The summed E-state index contributed by atoms with van der Waals surface area (Å²) >= 11 is 6.17. The van der Waals surface area contributed by atoms with Gasteiger partial charge in [0.05, 0.1) is 17.7 Å². The lowest BCUT2D eigenvalue weighted by atomic mass is 9.92. The van der Waals surface area contributed by atoms with Crippen molar-refractivity contribution in [3.05, 3.63) is 28.0 Å². The minimum atomic E-state index is -0.604. The number of benzene rings is 1. The summed E-state index contributed by atoms with van der Waals surface area (Å²) in [5.74, 6) is 0.0407. The summed E-state index contributed by atoms with van der Waals surface area (Å²) in [6.07, 6.45) is 0.218. The van der Waals surface area contributed by atoms with Crippen molar-refractivity contribution in [1.29, 1.82) is 0 Å². The van der Waals surface area contributed by atoms with E-state index in [-0.39, 0.29) is 17.0 Å². The van der Waals surface area contributed by atoms with Crippen LogP contribution in [0.5, 0.6) is 5.75 Å². The zero-order chi connectivity index (χ0) is 20.2. The van der Waals surface area contributed by atoms with Crippen molar-refractivity contribution in [2.75, 3.05) is 19.7 Å². The molecule has 3 N–H and O–H groups in total. The minimum absolute atomic E-state index is 0.00462. The van der Waals surface area contributed by atoms with Gasteiger partial charge in [0.25, 0.3) is 0 Å². The Balaban J connectivity index is 2.27. The molecule has 152 valence electrons. The molecule has 0 bridgehead atoms. The van der Waals surface area contributed by atoms with E-state index in [1.165, 1.54) is 0 Å². The Morgan fingerprint density at radius 1 is 1.48 bits per heavy atom. The molecule has 1 aliphatic heterocycles. The van der Waals surface area contributed by atoms with Crippen LogP contribution in [-0.4, -0.2) is 31.4 Å². The number of hydrogen-bond donors (Lipinski definition) is 3. The van der Waals surface area contributed by atoms with E-state index in [1.807, 2.05) is 13.8 Å². The van der Waals surface area contributed by atoms with Gasteiger partial charge in [-0.2, -0.15) is 0 Å². The lowest BCUT2D eigenvalue weighted by Gasteiger charge is -2.25. The van der Waals surface area contributed by atoms with Gasteiger partial charge in [0.1, 0.15) is 17.2 Å². The molecule has 1 aromatic carbocycles. The monoisotopic (exact) mass is 401 g/mol. The average molecular weight is 402 g/mol. The van der Waals surface area contributed by atoms with Crippen molar-refractivity contribution >= 4 is 17.7 Å². The number of hydrazine groups is 1. The van der Waals surface area contributed by atoms with Gasteiger partial charge in [0, 0.05) is 23.6 Å². The van der Waals surface area contributed by atoms with Crippen molar-refractivity contribution in [1.82, 2.24) is 16.2 Å². The second-order valence-electron chi connectivity index (χ2n) is 7.62. The molecule has 27 heavy (non-hydrogen) atoms. The number of carbonyl (C=O) groups excluding carboxylic acids is 1. The third-order valence-corrected chi connectivity index (χ3v) is 4.52. The first-order valence-corrected chi connectivity index (χ1v) is 9.61. The molecule has 1 aliphatic rings. The number of rotatable bonds is 6. The molecule has 2 atom stereocenters. The molecule has 0 aromatic heterocycles. The number of amides is 1. The fraction of sp³-hybridized carbons (Fsp3) is 0.632. The van der Waals surface area contributed by atoms with E-state index >= 15 is 0 Å². The summed E-state index contributed by atoms with van der Waals surface area (Å²) in [4.78, 5) is 11.9. The van der Waals surface area contributed by atoms with Gasteiger partial charge < -0.3 is 14.8 Å². The molecule has 1 saturated heterocycles. The Morgan fingerprint density at radius 3 is 2.74 bits per heavy atom. The largest absolute Gasteiger partial charge is 0.493 e. The number of carbonyl (C=O) groups is 1. The zero-order valence-corrected chi connectivity index (χ0v) is 17.3. The lowest BCUT2D eigenvalue weighted by molar-refractivity contribution is 0.0489. The van der Waals surface area contributed by atoms with Crippen molar-refractivity contribution in [3.63, 3.8) is 0 Å². The fourth-order valence-corrected chi connectivity index (χ4v) is 3.31. The first-order chi connectivity index (χ1) is 12.6. The van der Waals surface area contributed by atoms with Crippen molar-refractivity contribution < 1.29 is 18.7 Å². The summed E-state index contributed by atoms with van der Waals surface area (Å²) in [5, 5.41) is 3.29. The minimum Gasteiger partial charge on any atom is -0.493 e. The molecule has 0 spiro atoms. The Hall–Kier alpha value is -1.57. The van der Waals surface area contributed by atoms with Crippen molar-refractivity contribution in [3.8, 4) is 5.75 Å². The first kappa shape index (κ1) is 21.7. The Morgan fingerprint density at radius 2 is 2.19 bits per heavy atom. The molecule has 1 aromatic rings. The molecule has 1 fully saturated rings. The van der Waals surface area contributed by atoms with E-state index in [2.05, 4.69) is 16.2 Å². The number of nitrogens with one attached hydrogen (secondary N) is 3. The summed E-state index contributed by atoms with van der Waals surface area (Å²) in [5.41, 5.74) is 5.97. The van der Waals surface area contributed by atoms with Crippen LogP contribution < -0.4 is 20.9 Å². The first-order valence-electron chi connectivity index (χ1n) is 9.23. The Bertz CT molecular complexity index is 673. The molecule has 0 saturated carbocycles. The van der Waals surface area contributed by atoms with Gasteiger partial charge in [-0.05, 0) is 53.7 Å². The molecule has 0 unspecified atom stereocenters. The third kappa shape index (κ3) is 5.70. The highest BCUT2D eigenvalue weighted by atomic mass is 35.5. The molecule has 6 nitrogen and oxygen atoms in total. The molecule has 8 heteroatoms. The van der Waals surface area contributed by atoms with Crippen LogP contribution >= 0.6 is 11.6 Å². The molecule has 1 amide bonds. The Kier molecular flexibility index (Phi) is 7.31. The van der Waals surface area contributed by atoms with Gasteiger partial charge in [-0.25, -0.2) is 14.6 Å². The van der Waals surface area contributed by atoms with E-state index in [0.717, 1.165) is 13.0 Å². The van der Waals surface area contributed by atoms with E-state index in [9.17, 15) is 9.18 Å². The highest BCUT2D eigenvalue weighted by Gasteiger charge is 2.29. The lowest BCUT2D eigenvalue weighted by Crippen LogP contribution is -2.42. The predicted molar refractivity (Wildman–Crippen MR) is 104 cm³/mol. The van der Waals surface area contributed by atoms with Gasteiger partial charge in [-0.15, -0.1) is 0 Å². The van der Waals surface area contributed by atoms with Crippen LogP contribution in [0.1, 0.15) is 64.1 Å². The van der Waals surface area contributed by atoms with Gasteiger partial charge in [0.15, 0.2) is 0 Å². The van der Waals surface area contributed by atoms with Crippen LogP contribution in [0.2, 0.25) is 5.02 Å². The van der Waals surface area contributed by atoms with Gasteiger partial charge in [0.2, 0.25) is 0 Å². The van der Waals surface area contributed by atoms with Crippen LogP contribution in [0.25, 0.3) is 0 Å². The van der Waals surface area contributed by atoms with Crippen LogP contribution in [0.4, 0.5) is 9.18 Å². The second kappa shape index (κ2) is 9.08. The van der Waals surface area contributed by atoms with Crippen LogP contribution in [0.3, 0.4) is 0 Å². The van der Waals surface area contributed by atoms with E-state index in [0.29, 0.717) is 30.0 Å². The van der Waals surface area contributed by atoms with E-state index < -0.39 is 17.5 Å². The Labute approximate surface area is 165 Å². The van der Waals surface area contributed by atoms with Crippen LogP contribution in [0.15, 0.2) is 6.07 Å². The molecule has 2 rings (SSSR count). The quantitative estimate of drug-likeness (QED) is 0.627. The molecule has 0 radical (unpaired) electrons. The highest BCUT2D eigenvalue weighted by molar-refractivity contribution is 6.31. The summed E-state index contributed by atoms with van der Waals surface area (Å²) in [6, 6.07) is 1.17. The van der Waals surface area contributed by atoms with Crippen molar-refractivity contribution in [2.45, 2.75) is 58.6 Å². The molecule has 1 heterocycles. The van der Waals surface area contributed by atoms with Gasteiger partial charge >= 0.3 is 6.09 Å². The number of hydrogen-bond acceptors (Lipinski definition) is 5. The standard InChI is InChI=1S/C19H29ClFN3O3/c1-6-26-17-13(11(2)23-24-18(25)27-19(3,4)5)9-14(20)16(21)15(17)12-7-8-22-10-12/h9,11-12,22-23H,6-8,10H2,1-5H3,(H,24,25)/t11-,12-/m0/s1. The topological polar surface area (TPSA) is 71.6 Å². The fourth-order valence-electron chi connectivity index (χ4n) is 3.09. The smallest absolute Gasteiger partial charge is 0.422 e. The van der Waals surface area contributed by atoms with Crippen LogP contribution in [0, 0.1) is 5.82 Å². The summed E-state index contributed by atoms with van der Waals surface area (Å²) < 4.78 is 25.9. The predicted octanol–water partition coefficient (Wildman–Crippen LogP) is 4.05. The second-order valence-corrected chi connectivity index (χ2v) is 8.03. The van der Waals surface area contributed by atoms with E-state index in [4.69, 9.17) is 21.1 Å². The average Bonchev–Trinajstić information content (AvgIpc) is 3.08. The highest BCUT2D eigenvalue weighted by Crippen LogP contribution is 2.41. The molecular formula is C19H29ClFN3O3. The molecular weight excluding hydrogens is 373 g/mol. The maximum absolute atomic E-state index is 14.8. The van der Waals surface area contributed by atoms with Gasteiger partial charge in [-0.1, -0.05) is 11.6 Å². The zero-order valence-electron chi connectivity index (χ0n) is 16.5. The summed E-state index contributed by atoms with van der Waals surface area (Å²) in [6.45, 7) is 10.9.